The third-order valence-corrected chi connectivity index (χ3v) is 10.3. The van der Waals surface area contributed by atoms with Gasteiger partial charge in [0.2, 0.25) is 11.8 Å². The number of hydrogen-bond acceptors (Lipinski definition) is 4. The van der Waals surface area contributed by atoms with Crippen molar-refractivity contribution in [3.05, 3.63) is 130 Å². The standard InChI is InChI=1S/C37H39ClF3N3O4S/c1-5-27(4)42-36(46)34(21-28-9-7-6-8-10-28)43(23-29-15-11-25(2)12-16-29)35(45)24-44(49(47,48)31-18-13-26(3)14-19-31)30-17-20-33(38)32(22-30)37(39,40)41/h6-20,22,27,34H,5,21,23-24H2,1-4H3,(H,42,46)/t27-,34-/m1/s1. The summed E-state index contributed by atoms with van der Waals surface area (Å²) in [5.41, 5.74) is 1.49. The first-order chi connectivity index (χ1) is 23.1. The first-order valence-corrected chi connectivity index (χ1v) is 17.6. The molecular weight excluding hydrogens is 675 g/mol. The highest BCUT2D eigenvalue weighted by molar-refractivity contribution is 7.92. The molecule has 0 saturated carbocycles. The maximum Gasteiger partial charge on any atom is 0.417 e. The van der Waals surface area contributed by atoms with Gasteiger partial charge in [0.15, 0.2) is 0 Å². The summed E-state index contributed by atoms with van der Waals surface area (Å²) < 4.78 is 70.9. The second-order valence-electron chi connectivity index (χ2n) is 12.0. The van der Waals surface area contributed by atoms with Crippen molar-refractivity contribution in [2.45, 2.75) is 70.2 Å². The second kappa shape index (κ2) is 15.9. The van der Waals surface area contributed by atoms with Crippen LogP contribution in [0.1, 0.15) is 48.1 Å². The van der Waals surface area contributed by atoms with Crippen molar-refractivity contribution in [1.29, 1.82) is 0 Å². The third kappa shape index (κ3) is 9.64. The van der Waals surface area contributed by atoms with Crippen molar-refractivity contribution in [3.8, 4) is 0 Å². The number of carbonyl (C=O) groups excluding carboxylic acids is 2. The van der Waals surface area contributed by atoms with Gasteiger partial charge in [-0.05, 0) is 68.7 Å². The molecule has 12 heteroatoms. The Kier molecular flexibility index (Phi) is 12.2. The number of nitrogens with zero attached hydrogens (tertiary/aromatic N) is 2. The van der Waals surface area contributed by atoms with E-state index in [1.165, 1.54) is 17.0 Å². The number of sulfonamides is 1. The van der Waals surface area contributed by atoms with Crippen molar-refractivity contribution >= 4 is 39.1 Å². The summed E-state index contributed by atoms with van der Waals surface area (Å²) in [6.45, 7) is 6.42. The first kappa shape index (κ1) is 37.5. The molecule has 0 aliphatic carbocycles. The van der Waals surface area contributed by atoms with Gasteiger partial charge in [0.1, 0.15) is 12.6 Å². The molecule has 1 N–H and O–H groups in total. The van der Waals surface area contributed by atoms with E-state index < -0.39 is 56.9 Å². The molecule has 0 aromatic heterocycles. The fourth-order valence-corrected chi connectivity index (χ4v) is 6.77. The van der Waals surface area contributed by atoms with Crippen molar-refractivity contribution < 1.29 is 31.2 Å². The van der Waals surface area contributed by atoms with Crippen LogP contribution >= 0.6 is 11.6 Å². The monoisotopic (exact) mass is 713 g/mol. The molecule has 7 nitrogen and oxygen atoms in total. The van der Waals surface area contributed by atoms with Crippen LogP contribution in [-0.4, -0.2) is 43.8 Å². The number of rotatable bonds is 13. The zero-order valence-electron chi connectivity index (χ0n) is 27.7. The molecule has 0 spiro atoms. The van der Waals surface area contributed by atoms with Crippen molar-refractivity contribution in [1.82, 2.24) is 10.2 Å². The van der Waals surface area contributed by atoms with Crippen molar-refractivity contribution in [2.75, 3.05) is 10.8 Å². The first-order valence-electron chi connectivity index (χ1n) is 15.8. The highest BCUT2D eigenvalue weighted by atomic mass is 35.5. The zero-order valence-corrected chi connectivity index (χ0v) is 29.2. The number of amides is 2. The minimum atomic E-state index is -4.90. The molecule has 2 amide bonds. The number of benzene rings is 4. The van der Waals surface area contributed by atoms with E-state index in [9.17, 15) is 31.2 Å². The molecule has 0 saturated heterocycles. The lowest BCUT2D eigenvalue weighted by Gasteiger charge is -2.34. The number of alkyl halides is 3. The number of hydrogen-bond donors (Lipinski definition) is 1. The van der Waals surface area contributed by atoms with E-state index in [2.05, 4.69) is 5.32 Å². The molecule has 49 heavy (non-hydrogen) atoms. The highest BCUT2D eigenvalue weighted by Crippen LogP contribution is 2.38. The summed E-state index contributed by atoms with van der Waals surface area (Å²) >= 11 is 5.89. The zero-order chi connectivity index (χ0) is 35.9. The molecular formula is C37H39ClF3N3O4S. The molecule has 0 unspecified atom stereocenters. The van der Waals surface area contributed by atoms with E-state index >= 15 is 0 Å². The van der Waals surface area contributed by atoms with Crippen LogP contribution in [-0.2, 0) is 38.8 Å². The molecule has 4 aromatic carbocycles. The Bertz CT molecular complexity index is 1850. The lowest BCUT2D eigenvalue weighted by molar-refractivity contribution is -0.140. The Labute approximate surface area is 290 Å². The van der Waals surface area contributed by atoms with Crippen LogP contribution in [0.5, 0.6) is 0 Å². The van der Waals surface area contributed by atoms with Gasteiger partial charge in [-0.3, -0.25) is 13.9 Å². The Hall–Kier alpha value is -4.35. The average Bonchev–Trinajstić information content (AvgIpc) is 3.06. The molecule has 0 bridgehead atoms. The molecule has 2 atom stereocenters. The number of anilines is 1. The van der Waals surface area contributed by atoms with Crippen molar-refractivity contribution in [3.63, 3.8) is 0 Å². The van der Waals surface area contributed by atoms with Crippen LogP contribution in [0.2, 0.25) is 5.02 Å². The normalized spacial score (nSPS) is 13.0. The second-order valence-corrected chi connectivity index (χ2v) is 14.3. The summed E-state index contributed by atoms with van der Waals surface area (Å²) in [7, 11) is -4.61. The van der Waals surface area contributed by atoms with Gasteiger partial charge in [-0.15, -0.1) is 0 Å². The minimum absolute atomic E-state index is 0.0720. The average molecular weight is 714 g/mol. The Morgan fingerprint density at radius 2 is 1.45 bits per heavy atom. The van der Waals surface area contributed by atoms with Crippen LogP contribution in [0.4, 0.5) is 18.9 Å². The van der Waals surface area contributed by atoms with Gasteiger partial charge in [-0.25, -0.2) is 8.42 Å². The van der Waals surface area contributed by atoms with Crippen LogP contribution in [0, 0.1) is 13.8 Å². The van der Waals surface area contributed by atoms with E-state index in [0.29, 0.717) is 22.4 Å². The van der Waals surface area contributed by atoms with Crippen LogP contribution < -0.4 is 9.62 Å². The fourth-order valence-electron chi connectivity index (χ4n) is 5.14. The smallest absolute Gasteiger partial charge is 0.352 e. The summed E-state index contributed by atoms with van der Waals surface area (Å²) in [5.74, 6) is -1.24. The van der Waals surface area contributed by atoms with Gasteiger partial charge < -0.3 is 10.2 Å². The van der Waals surface area contributed by atoms with E-state index in [1.807, 2.05) is 51.1 Å². The maximum absolute atomic E-state index is 14.6. The predicted octanol–water partition coefficient (Wildman–Crippen LogP) is 7.73. The Balaban J connectivity index is 1.87. The van der Waals surface area contributed by atoms with Gasteiger partial charge in [0, 0.05) is 19.0 Å². The number of nitrogens with one attached hydrogen (secondary N) is 1. The van der Waals surface area contributed by atoms with Crippen molar-refractivity contribution in [2.24, 2.45) is 0 Å². The summed E-state index contributed by atoms with van der Waals surface area (Å²) in [6.07, 6.45) is -4.18. The molecule has 0 aliphatic rings. The van der Waals surface area contributed by atoms with E-state index in [-0.39, 0.29) is 23.9 Å². The van der Waals surface area contributed by atoms with Gasteiger partial charge in [0.25, 0.3) is 10.0 Å². The van der Waals surface area contributed by atoms with Gasteiger partial charge in [0.05, 0.1) is 21.2 Å². The molecule has 0 aliphatic heterocycles. The maximum atomic E-state index is 14.6. The molecule has 0 heterocycles. The predicted molar refractivity (Wildman–Crippen MR) is 186 cm³/mol. The lowest BCUT2D eigenvalue weighted by atomic mass is 10.0. The van der Waals surface area contributed by atoms with Gasteiger partial charge >= 0.3 is 6.18 Å². The minimum Gasteiger partial charge on any atom is -0.352 e. The Morgan fingerprint density at radius 1 is 0.857 bits per heavy atom. The lowest BCUT2D eigenvalue weighted by Crippen LogP contribution is -2.54. The quantitative estimate of drug-likeness (QED) is 0.154. The van der Waals surface area contributed by atoms with Crippen LogP contribution in [0.3, 0.4) is 0 Å². The van der Waals surface area contributed by atoms with E-state index in [0.717, 1.165) is 28.8 Å². The topological polar surface area (TPSA) is 86.8 Å². The Morgan fingerprint density at radius 3 is 2.02 bits per heavy atom. The molecule has 260 valence electrons. The number of halogens is 4. The summed E-state index contributed by atoms with van der Waals surface area (Å²) in [5, 5.41) is 2.33. The summed E-state index contributed by atoms with van der Waals surface area (Å²) in [4.78, 5) is 29.6. The molecule has 0 fully saturated rings. The SMILES string of the molecule is CC[C@@H](C)NC(=O)[C@@H](Cc1ccccc1)N(Cc1ccc(C)cc1)C(=O)CN(c1ccc(Cl)c(C(F)(F)F)c1)S(=O)(=O)c1ccc(C)cc1. The van der Waals surface area contributed by atoms with Gasteiger partial charge in [-0.1, -0.05) is 96.4 Å². The fraction of sp³-hybridized carbons (Fsp3) is 0.297. The molecule has 4 aromatic rings. The van der Waals surface area contributed by atoms with Crippen LogP contribution in [0.15, 0.2) is 102 Å². The molecule has 0 radical (unpaired) electrons. The molecule has 4 rings (SSSR count). The largest absolute Gasteiger partial charge is 0.417 e. The van der Waals surface area contributed by atoms with Crippen LogP contribution in [0.25, 0.3) is 0 Å². The third-order valence-electron chi connectivity index (χ3n) is 8.18. The number of aryl methyl sites for hydroxylation is 2. The summed E-state index contributed by atoms with van der Waals surface area (Å²) in [6, 6.07) is 23.5. The van der Waals surface area contributed by atoms with E-state index in [1.54, 1.807) is 43.3 Å². The van der Waals surface area contributed by atoms with E-state index in [4.69, 9.17) is 11.6 Å². The number of carbonyl (C=O) groups is 2. The van der Waals surface area contributed by atoms with Gasteiger partial charge in [-0.2, -0.15) is 13.2 Å². The highest BCUT2D eigenvalue weighted by Gasteiger charge is 2.38.